The lowest BCUT2D eigenvalue weighted by molar-refractivity contribution is -0.117. The number of anilines is 2. The van der Waals surface area contributed by atoms with Crippen LogP contribution in [0.1, 0.15) is 23.2 Å². The van der Waals surface area contributed by atoms with Gasteiger partial charge in [-0.2, -0.15) is 0 Å². The minimum Gasteiger partial charge on any atom is -0.366 e. The molecule has 7 nitrogen and oxygen atoms in total. The van der Waals surface area contributed by atoms with Crippen LogP contribution >= 0.6 is 0 Å². The second-order valence-corrected chi connectivity index (χ2v) is 7.34. The molecule has 25 heavy (non-hydrogen) atoms. The first kappa shape index (κ1) is 17.0. The zero-order valence-corrected chi connectivity index (χ0v) is 14.1. The van der Waals surface area contributed by atoms with Crippen LogP contribution in [-0.2, 0) is 14.8 Å². The first-order valence-electron chi connectivity index (χ1n) is 7.70. The maximum atomic E-state index is 12.5. The van der Waals surface area contributed by atoms with Crippen molar-refractivity contribution in [2.45, 2.75) is 17.7 Å². The molecule has 1 fully saturated rings. The smallest absolute Gasteiger partial charge is 0.261 e. The van der Waals surface area contributed by atoms with Crippen LogP contribution in [0.5, 0.6) is 0 Å². The van der Waals surface area contributed by atoms with Gasteiger partial charge in [-0.15, -0.1) is 0 Å². The molecule has 0 saturated carbocycles. The number of hydrogen-bond donors (Lipinski definition) is 2. The van der Waals surface area contributed by atoms with Crippen LogP contribution < -0.4 is 15.4 Å². The summed E-state index contributed by atoms with van der Waals surface area (Å²) in [6.45, 7) is 0.634. The number of nitrogens with zero attached hydrogens (tertiary/aromatic N) is 1. The van der Waals surface area contributed by atoms with Crippen LogP contribution in [-0.4, -0.2) is 26.8 Å². The number of carbonyl (C=O) groups excluding carboxylic acids is 2. The van der Waals surface area contributed by atoms with Crippen LogP contribution in [0, 0.1) is 0 Å². The van der Waals surface area contributed by atoms with E-state index in [2.05, 4.69) is 4.72 Å². The van der Waals surface area contributed by atoms with E-state index in [1.54, 1.807) is 29.2 Å². The SMILES string of the molecule is NC(=O)c1ccccc1NS(=O)(=O)c1ccc(N2CCCC2=O)cc1. The van der Waals surface area contributed by atoms with Gasteiger partial charge in [0.05, 0.1) is 16.1 Å². The standard InChI is InChI=1S/C17H17N3O4S/c18-17(22)14-4-1-2-5-15(14)19-25(23,24)13-9-7-12(8-10-13)20-11-3-6-16(20)21/h1-2,4-5,7-10,19H,3,6,11H2,(H2,18,22). The molecule has 1 saturated heterocycles. The van der Waals surface area contributed by atoms with E-state index in [-0.39, 0.29) is 22.1 Å². The predicted molar refractivity (Wildman–Crippen MR) is 93.8 cm³/mol. The summed E-state index contributed by atoms with van der Waals surface area (Å²) in [6, 6.07) is 12.2. The lowest BCUT2D eigenvalue weighted by atomic mass is 10.2. The molecule has 1 aliphatic rings. The van der Waals surface area contributed by atoms with E-state index in [4.69, 9.17) is 5.73 Å². The Hall–Kier alpha value is -2.87. The molecular formula is C17H17N3O4S. The number of benzene rings is 2. The zero-order chi connectivity index (χ0) is 18.0. The van der Waals surface area contributed by atoms with Gasteiger partial charge in [0.1, 0.15) is 0 Å². The maximum Gasteiger partial charge on any atom is 0.261 e. The summed E-state index contributed by atoms with van der Waals surface area (Å²) in [5.74, 6) is -0.690. The Bertz CT molecular complexity index is 923. The van der Waals surface area contributed by atoms with Crippen LogP contribution in [0.2, 0.25) is 0 Å². The third kappa shape index (κ3) is 3.48. The quantitative estimate of drug-likeness (QED) is 0.847. The van der Waals surface area contributed by atoms with Crippen molar-refractivity contribution in [2.24, 2.45) is 5.73 Å². The lowest BCUT2D eigenvalue weighted by Crippen LogP contribution is -2.23. The summed E-state index contributed by atoms with van der Waals surface area (Å²) in [4.78, 5) is 24.8. The fraction of sp³-hybridized carbons (Fsp3) is 0.176. The largest absolute Gasteiger partial charge is 0.366 e. The number of rotatable bonds is 5. The molecule has 0 aromatic heterocycles. The first-order chi connectivity index (χ1) is 11.9. The molecule has 2 amide bonds. The molecule has 0 aliphatic carbocycles. The van der Waals surface area contributed by atoms with Gasteiger partial charge >= 0.3 is 0 Å². The first-order valence-corrected chi connectivity index (χ1v) is 9.19. The van der Waals surface area contributed by atoms with E-state index in [0.29, 0.717) is 18.7 Å². The Morgan fingerprint density at radius 1 is 1.08 bits per heavy atom. The second-order valence-electron chi connectivity index (χ2n) is 5.66. The Morgan fingerprint density at radius 2 is 1.76 bits per heavy atom. The molecule has 0 radical (unpaired) electrons. The Labute approximate surface area is 145 Å². The van der Waals surface area contributed by atoms with Gasteiger partial charge in [0.15, 0.2) is 0 Å². The van der Waals surface area contributed by atoms with E-state index in [9.17, 15) is 18.0 Å². The molecule has 3 N–H and O–H groups in total. The summed E-state index contributed by atoms with van der Waals surface area (Å²) >= 11 is 0. The van der Waals surface area contributed by atoms with Crippen LogP contribution in [0.3, 0.4) is 0 Å². The average Bonchev–Trinajstić information content (AvgIpc) is 3.01. The van der Waals surface area contributed by atoms with Crippen molar-refractivity contribution in [1.82, 2.24) is 0 Å². The average molecular weight is 359 g/mol. The highest BCUT2D eigenvalue weighted by Gasteiger charge is 2.23. The highest BCUT2D eigenvalue weighted by Crippen LogP contribution is 2.24. The van der Waals surface area contributed by atoms with E-state index in [0.717, 1.165) is 6.42 Å². The highest BCUT2D eigenvalue weighted by atomic mass is 32.2. The number of nitrogens with one attached hydrogen (secondary N) is 1. The number of sulfonamides is 1. The lowest BCUT2D eigenvalue weighted by Gasteiger charge is -2.16. The number of hydrogen-bond acceptors (Lipinski definition) is 4. The van der Waals surface area contributed by atoms with E-state index in [1.807, 2.05) is 0 Å². The van der Waals surface area contributed by atoms with Crippen molar-refractivity contribution in [3.8, 4) is 0 Å². The fourth-order valence-corrected chi connectivity index (χ4v) is 3.80. The summed E-state index contributed by atoms with van der Waals surface area (Å²) < 4.78 is 27.4. The van der Waals surface area contributed by atoms with Crippen molar-refractivity contribution in [3.63, 3.8) is 0 Å². The molecule has 0 atom stereocenters. The van der Waals surface area contributed by atoms with E-state index < -0.39 is 15.9 Å². The van der Waals surface area contributed by atoms with Gasteiger partial charge in [0.2, 0.25) is 5.91 Å². The number of para-hydroxylation sites is 1. The Morgan fingerprint density at radius 3 is 2.36 bits per heavy atom. The van der Waals surface area contributed by atoms with Crippen molar-refractivity contribution in [1.29, 1.82) is 0 Å². The van der Waals surface area contributed by atoms with Gasteiger partial charge < -0.3 is 10.6 Å². The molecular weight excluding hydrogens is 342 g/mol. The van der Waals surface area contributed by atoms with Crippen molar-refractivity contribution in [2.75, 3.05) is 16.2 Å². The zero-order valence-electron chi connectivity index (χ0n) is 13.3. The number of carbonyl (C=O) groups is 2. The van der Waals surface area contributed by atoms with Crippen molar-refractivity contribution < 1.29 is 18.0 Å². The molecule has 1 heterocycles. The van der Waals surface area contributed by atoms with Crippen molar-refractivity contribution >= 4 is 33.2 Å². The van der Waals surface area contributed by atoms with Crippen LogP contribution in [0.4, 0.5) is 11.4 Å². The molecule has 1 aliphatic heterocycles. The Kier molecular flexibility index (Phi) is 4.45. The summed E-state index contributed by atoms with van der Waals surface area (Å²) in [5.41, 5.74) is 6.14. The third-order valence-electron chi connectivity index (χ3n) is 3.97. The van der Waals surface area contributed by atoms with E-state index >= 15 is 0 Å². The fourth-order valence-electron chi connectivity index (χ4n) is 2.72. The predicted octanol–water partition coefficient (Wildman–Crippen LogP) is 1.71. The molecule has 8 heteroatoms. The third-order valence-corrected chi connectivity index (χ3v) is 5.35. The second kappa shape index (κ2) is 6.56. The summed E-state index contributed by atoms with van der Waals surface area (Å²) in [6.07, 6.45) is 1.30. The topological polar surface area (TPSA) is 110 Å². The molecule has 2 aromatic rings. The van der Waals surface area contributed by atoms with Crippen LogP contribution in [0.25, 0.3) is 0 Å². The Balaban J connectivity index is 1.86. The van der Waals surface area contributed by atoms with Gasteiger partial charge in [0, 0.05) is 18.7 Å². The van der Waals surface area contributed by atoms with Gasteiger partial charge in [-0.05, 0) is 42.8 Å². The number of amides is 2. The van der Waals surface area contributed by atoms with Gasteiger partial charge in [-0.3, -0.25) is 14.3 Å². The van der Waals surface area contributed by atoms with Gasteiger partial charge in [-0.25, -0.2) is 8.42 Å². The normalized spacial score (nSPS) is 14.6. The van der Waals surface area contributed by atoms with Crippen LogP contribution in [0.15, 0.2) is 53.4 Å². The molecule has 0 unspecified atom stereocenters. The van der Waals surface area contributed by atoms with E-state index in [1.165, 1.54) is 24.3 Å². The summed E-state index contributed by atoms with van der Waals surface area (Å²) in [5, 5.41) is 0. The monoisotopic (exact) mass is 359 g/mol. The molecule has 3 rings (SSSR count). The minimum atomic E-state index is -3.88. The minimum absolute atomic E-state index is 0.0298. The molecule has 0 spiro atoms. The van der Waals surface area contributed by atoms with Crippen molar-refractivity contribution in [3.05, 3.63) is 54.1 Å². The molecule has 2 aromatic carbocycles. The molecule has 130 valence electrons. The number of nitrogens with two attached hydrogens (primary N) is 1. The van der Waals surface area contributed by atoms with Gasteiger partial charge in [0.25, 0.3) is 15.9 Å². The summed E-state index contributed by atoms with van der Waals surface area (Å²) in [7, 11) is -3.88. The maximum absolute atomic E-state index is 12.5. The number of primary amides is 1. The van der Waals surface area contributed by atoms with Gasteiger partial charge in [-0.1, -0.05) is 12.1 Å². The molecule has 0 bridgehead atoms. The highest BCUT2D eigenvalue weighted by molar-refractivity contribution is 7.92.